The van der Waals surface area contributed by atoms with Crippen LogP contribution in [0.5, 0.6) is 0 Å². The van der Waals surface area contributed by atoms with E-state index in [1.165, 1.54) is 13.2 Å². The summed E-state index contributed by atoms with van der Waals surface area (Å²) in [6.07, 6.45) is 0.206. The predicted molar refractivity (Wildman–Crippen MR) is 90.4 cm³/mol. The molecule has 2 aromatic carbocycles. The van der Waals surface area contributed by atoms with Gasteiger partial charge in [-0.1, -0.05) is 42.5 Å². The van der Waals surface area contributed by atoms with Crippen molar-refractivity contribution < 1.29 is 17.9 Å². The van der Waals surface area contributed by atoms with E-state index in [9.17, 15) is 13.2 Å². The van der Waals surface area contributed by atoms with Crippen molar-refractivity contribution in [1.29, 1.82) is 0 Å². The number of carbonyl (C=O) groups is 1. The molecule has 1 atom stereocenters. The van der Waals surface area contributed by atoms with Gasteiger partial charge >= 0.3 is 5.97 Å². The summed E-state index contributed by atoms with van der Waals surface area (Å²) in [6, 6.07) is 14.6. The summed E-state index contributed by atoms with van der Waals surface area (Å²) >= 11 is 3.21. The number of carbonyl (C=O) groups excluding carboxylic acids is 1. The molecule has 0 spiro atoms. The number of nitrogens with one attached hydrogen (secondary N) is 1. The second-order valence-corrected chi connectivity index (χ2v) is 7.35. The Kier molecular flexibility index (Phi) is 5.92. The maximum absolute atomic E-state index is 12.5. The summed E-state index contributed by atoms with van der Waals surface area (Å²) in [5.41, 5.74) is 0.831. The van der Waals surface area contributed by atoms with Gasteiger partial charge in [-0.25, -0.2) is 8.42 Å². The first kappa shape index (κ1) is 17.7. The fourth-order valence-corrected chi connectivity index (χ4v) is 4.27. The van der Waals surface area contributed by atoms with Crippen LogP contribution in [-0.4, -0.2) is 27.5 Å². The highest BCUT2D eigenvalue weighted by molar-refractivity contribution is 9.10. The number of rotatable bonds is 6. The summed E-state index contributed by atoms with van der Waals surface area (Å²) in [6.45, 7) is 0. The monoisotopic (exact) mass is 397 g/mol. The van der Waals surface area contributed by atoms with Gasteiger partial charge in [-0.2, -0.15) is 4.72 Å². The Hall–Kier alpha value is -1.70. The topological polar surface area (TPSA) is 72.5 Å². The highest BCUT2D eigenvalue weighted by Crippen LogP contribution is 2.21. The highest BCUT2D eigenvalue weighted by atomic mass is 79.9. The van der Waals surface area contributed by atoms with Crippen molar-refractivity contribution in [3.05, 3.63) is 64.6 Å². The number of methoxy groups -OCH3 is 1. The van der Waals surface area contributed by atoms with E-state index in [4.69, 9.17) is 4.74 Å². The molecule has 2 aromatic rings. The van der Waals surface area contributed by atoms with E-state index < -0.39 is 22.0 Å². The van der Waals surface area contributed by atoms with Gasteiger partial charge in [0, 0.05) is 4.47 Å². The van der Waals surface area contributed by atoms with Gasteiger partial charge in [-0.3, -0.25) is 4.79 Å². The number of hydrogen-bond donors (Lipinski definition) is 1. The van der Waals surface area contributed by atoms with Crippen LogP contribution in [0.4, 0.5) is 0 Å². The minimum Gasteiger partial charge on any atom is -0.468 e. The van der Waals surface area contributed by atoms with Gasteiger partial charge in [-0.05, 0) is 40.0 Å². The van der Waals surface area contributed by atoms with Crippen LogP contribution in [0.1, 0.15) is 5.56 Å². The van der Waals surface area contributed by atoms with E-state index in [1.54, 1.807) is 18.2 Å². The fourth-order valence-electron chi connectivity index (χ4n) is 2.08. The van der Waals surface area contributed by atoms with Crippen LogP contribution in [0, 0.1) is 0 Å². The van der Waals surface area contributed by atoms with E-state index in [0.29, 0.717) is 4.47 Å². The Morgan fingerprint density at radius 3 is 2.35 bits per heavy atom. The molecule has 0 saturated carbocycles. The number of benzene rings is 2. The van der Waals surface area contributed by atoms with Crippen molar-refractivity contribution in [2.75, 3.05) is 7.11 Å². The number of halogens is 1. The molecule has 0 aromatic heterocycles. The third-order valence-electron chi connectivity index (χ3n) is 3.19. The SMILES string of the molecule is COC(=O)[C@@H](Cc1ccccc1)NS(=O)(=O)c1ccccc1Br. The molecule has 0 aliphatic rings. The molecule has 2 rings (SSSR count). The third-order valence-corrected chi connectivity index (χ3v) is 5.68. The van der Waals surface area contributed by atoms with Crippen molar-refractivity contribution in [1.82, 2.24) is 4.72 Å². The maximum atomic E-state index is 12.5. The zero-order valence-corrected chi connectivity index (χ0v) is 14.8. The molecule has 7 heteroatoms. The highest BCUT2D eigenvalue weighted by Gasteiger charge is 2.27. The average molecular weight is 398 g/mol. The smallest absolute Gasteiger partial charge is 0.324 e. The lowest BCUT2D eigenvalue weighted by atomic mass is 10.1. The molecule has 0 fully saturated rings. The molecule has 5 nitrogen and oxygen atoms in total. The summed E-state index contributed by atoms with van der Waals surface area (Å²) in [5, 5.41) is 0. The number of sulfonamides is 1. The molecular formula is C16H16BrNO4S. The van der Waals surface area contributed by atoms with E-state index >= 15 is 0 Å². The quantitative estimate of drug-likeness (QED) is 0.760. The average Bonchev–Trinajstić information content (AvgIpc) is 2.54. The Labute approximate surface area is 143 Å². The molecule has 0 amide bonds. The molecule has 0 bridgehead atoms. The molecule has 0 radical (unpaired) electrons. The maximum Gasteiger partial charge on any atom is 0.324 e. The lowest BCUT2D eigenvalue weighted by molar-refractivity contribution is -0.142. The Morgan fingerprint density at radius 1 is 1.13 bits per heavy atom. The summed E-state index contributed by atoms with van der Waals surface area (Å²) in [7, 11) is -2.63. The largest absolute Gasteiger partial charge is 0.468 e. The van der Waals surface area contributed by atoms with Crippen LogP contribution in [0.15, 0.2) is 64.0 Å². The van der Waals surface area contributed by atoms with Crippen molar-refractivity contribution in [2.45, 2.75) is 17.4 Å². The van der Waals surface area contributed by atoms with Crippen LogP contribution in [-0.2, 0) is 26.0 Å². The summed E-state index contributed by atoms with van der Waals surface area (Å²) in [5.74, 6) is -0.635. The number of hydrogen-bond acceptors (Lipinski definition) is 4. The lowest BCUT2D eigenvalue weighted by Gasteiger charge is -2.17. The van der Waals surface area contributed by atoms with Gasteiger partial charge in [0.25, 0.3) is 0 Å². The van der Waals surface area contributed by atoms with Crippen LogP contribution in [0.2, 0.25) is 0 Å². The summed E-state index contributed by atoms with van der Waals surface area (Å²) < 4.78 is 32.6. The van der Waals surface area contributed by atoms with Gasteiger partial charge in [0.1, 0.15) is 6.04 Å². The second-order valence-electron chi connectivity index (χ2n) is 4.82. The van der Waals surface area contributed by atoms with E-state index in [-0.39, 0.29) is 11.3 Å². The van der Waals surface area contributed by atoms with Crippen molar-refractivity contribution in [2.24, 2.45) is 0 Å². The standard InChI is InChI=1S/C16H16BrNO4S/c1-22-16(19)14(11-12-7-3-2-4-8-12)18-23(20,21)15-10-6-5-9-13(15)17/h2-10,14,18H,11H2,1H3/t14-/m1/s1. The van der Waals surface area contributed by atoms with Crippen LogP contribution in [0.3, 0.4) is 0 Å². The molecular weight excluding hydrogens is 382 g/mol. The zero-order chi connectivity index (χ0) is 16.9. The van der Waals surface area contributed by atoms with Crippen molar-refractivity contribution >= 4 is 31.9 Å². The van der Waals surface area contributed by atoms with Crippen LogP contribution in [0.25, 0.3) is 0 Å². The van der Waals surface area contributed by atoms with Gasteiger partial charge in [0.2, 0.25) is 10.0 Å². The Balaban J connectivity index is 2.27. The molecule has 1 N–H and O–H groups in total. The van der Waals surface area contributed by atoms with Crippen LogP contribution < -0.4 is 4.72 Å². The van der Waals surface area contributed by atoms with Gasteiger partial charge < -0.3 is 4.74 Å². The van der Waals surface area contributed by atoms with Crippen LogP contribution >= 0.6 is 15.9 Å². The minimum absolute atomic E-state index is 0.0713. The first-order valence-electron chi connectivity index (χ1n) is 6.82. The summed E-state index contributed by atoms with van der Waals surface area (Å²) in [4.78, 5) is 12.0. The molecule has 122 valence electrons. The normalized spacial score (nSPS) is 12.6. The molecule has 23 heavy (non-hydrogen) atoms. The predicted octanol–water partition coefficient (Wildman–Crippen LogP) is 2.51. The molecule has 0 saturated heterocycles. The number of esters is 1. The third kappa shape index (κ3) is 4.63. The first-order chi connectivity index (χ1) is 10.9. The van der Waals surface area contributed by atoms with Gasteiger partial charge in [0.05, 0.1) is 12.0 Å². The molecule has 0 unspecified atom stereocenters. The van der Waals surface area contributed by atoms with Crippen molar-refractivity contribution in [3.63, 3.8) is 0 Å². The van der Waals surface area contributed by atoms with Gasteiger partial charge in [0.15, 0.2) is 0 Å². The molecule has 0 heterocycles. The minimum atomic E-state index is -3.86. The molecule has 0 aliphatic carbocycles. The molecule has 0 aliphatic heterocycles. The van der Waals surface area contributed by atoms with E-state index in [1.807, 2.05) is 30.3 Å². The van der Waals surface area contributed by atoms with E-state index in [0.717, 1.165) is 5.56 Å². The lowest BCUT2D eigenvalue weighted by Crippen LogP contribution is -2.43. The Bertz CT molecular complexity index is 778. The second kappa shape index (κ2) is 7.72. The first-order valence-corrected chi connectivity index (χ1v) is 9.10. The fraction of sp³-hybridized carbons (Fsp3) is 0.188. The van der Waals surface area contributed by atoms with Crippen molar-refractivity contribution in [3.8, 4) is 0 Å². The van der Waals surface area contributed by atoms with E-state index in [2.05, 4.69) is 20.7 Å². The number of ether oxygens (including phenoxy) is 1. The zero-order valence-electron chi connectivity index (χ0n) is 12.4. The Morgan fingerprint density at radius 2 is 1.74 bits per heavy atom. The van der Waals surface area contributed by atoms with Gasteiger partial charge in [-0.15, -0.1) is 0 Å².